The third kappa shape index (κ3) is 1.55. The topological polar surface area (TPSA) is 74.1 Å². The fourth-order valence-corrected chi connectivity index (χ4v) is 2.03. The summed E-state index contributed by atoms with van der Waals surface area (Å²) in [6, 6.07) is 5.56. The van der Waals surface area contributed by atoms with E-state index in [4.69, 9.17) is 5.73 Å². The van der Waals surface area contributed by atoms with Gasteiger partial charge in [-0.05, 0) is 24.6 Å². The largest absolute Gasteiger partial charge is 0.344 e. The zero-order valence-electron chi connectivity index (χ0n) is 9.01. The van der Waals surface area contributed by atoms with Gasteiger partial charge in [-0.1, -0.05) is 12.1 Å². The summed E-state index contributed by atoms with van der Waals surface area (Å²) in [7, 11) is 1.81. The highest BCUT2D eigenvalue weighted by Gasteiger charge is 2.17. The van der Waals surface area contributed by atoms with E-state index in [2.05, 4.69) is 0 Å². The predicted molar refractivity (Wildman–Crippen MR) is 62.3 cm³/mol. The molecule has 1 aromatic carbocycles. The minimum atomic E-state index is -0.353. The molecule has 1 aromatic heterocycles. The molecule has 0 atom stereocenters. The van der Waals surface area contributed by atoms with Crippen LogP contribution in [0.15, 0.2) is 24.4 Å². The molecule has 0 saturated carbocycles. The molecule has 0 saturated heterocycles. The predicted octanol–water partition coefficient (Wildman–Crippen LogP) is 1.59. The number of nitro groups is 1. The van der Waals surface area contributed by atoms with E-state index in [1.54, 1.807) is 16.8 Å². The molecule has 0 spiro atoms. The summed E-state index contributed by atoms with van der Waals surface area (Å²) < 4.78 is 1.79. The SMILES string of the molecule is Cn1cc([N+](=O)[O-])c2cccc(CCN)c21. The number of hydrogen-bond donors (Lipinski definition) is 1. The fourth-order valence-electron chi connectivity index (χ4n) is 2.03. The smallest absolute Gasteiger partial charge is 0.294 e. The molecule has 0 aliphatic heterocycles. The van der Waals surface area contributed by atoms with Crippen molar-refractivity contribution in [2.24, 2.45) is 12.8 Å². The van der Waals surface area contributed by atoms with Crippen molar-refractivity contribution in [1.82, 2.24) is 4.57 Å². The van der Waals surface area contributed by atoms with Gasteiger partial charge in [0.2, 0.25) is 0 Å². The van der Waals surface area contributed by atoms with E-state index in [9.17, 15) is 10.1 Å². The Bertz CT molecular complexity index is 545. The number of nitrogens with two attached hydrogens (primary N) is 1. The summed E-state index contributed by atoms with van der Waals surface area (Å²) in [6.07, 6.45) is 2.27. The number of hydrogen-bond acceptors (Lipinski definition) is 3. The maximum Gasteiger partial charge on any atom is 0.294 e. The van der Waals surface area contributed by atoms with Crippen molar-refractivity contribution in [3.63, 3.8) is 0 Å². The van der Waals surface area contributed by atoms with Crippen LogP contribution in [-0.4, -0.2) is 16.0 Å². The molecular formula is C11H13N3O2. The minimum absolute atomic E-state index is 0.149. The minimum Gasteiger partial charge on any atom is -0.344 e. The number of aryl methyl sites for hydroxylation is 1. The van der Waals surface area contributed by atoms with Gasteiger partial charge in [0.05, 0.1) is 22.0 Å². The van der Waals surface area contributed by atoms with Crippen molar-refractivity contribution in [1.29, 1.82) is 0 Å². The summed E-state index contributed by atoms with van der Waals surface area (Å²) in [5.41, 5.74) is 7.63. The standard InChI is InChI=1S/C11H13N3O2/c1-13-7-10(14(15)16)9-4-2-3-8(5-6-12)11(9)13/h2-4,7H,5-6,12H2,1H3. The van der Waals surface area contributed by atoms with Crippen LogP contribution >= 0.6 is 0 Å². The second-order valence-electron chi connectivity index (χ2n) is 3.73. The first-order valence-electron chi connectivity index (χ1n) is 5.06. The van der Waals surface area contributed by atoms with Gasteiger partial charge >= 0.3 is 0 Å². The summed E-state index contributed by atoms with van der Waals surface area (Å²) in [4.78, 5) is 10.5. The maximum absolute atomic E-state index is 10.9. The summed E-state index contributed by atoms with van der Waals surface area (Å²) >= 11 is 0. The summed E-state index contributed by atoms with van der Waals surface area (Å²) in [5.74, 6) is 0. The van der Waals surface area contributed by atoms with Gasteiger partial charge in [-0.25, -0.2) is 0 Å². The molecule has 0 fully saturated rings. The van der Waals surface area contributed by atoms with Crippen molar-refractivity contribution in [2.45, 2.75) is 6.42 Å². The molecule has 0 aliphatic rings. The van der Waals surface area contributed by atoms with Gasteiger partial charge in [-0.2, -0.15) is 0 Å². The Labute approximate surface area is 92.6 Å². The highest BCUT2D eigenvalue weighted by molar-refractivity contribution is 5.91. The van der Waals surface area contributed by atoms with Crippen molar-refractivity contribution in [2.75, 3.05) is 6.54 Å². The van der Waals surface area contributed by atoms with Crippen LogP contribution in [0.5, 0.6) is 0 Å². The number of benzene rings is 1. The van der Waals surface area contributed by atoms with Crippen LogP contribution in [0.1, 0.15) is 5.56 Å². The highest BCUT2D eigenvalue weighted by Crippen LogP contribution is 2.29. The van der Waals surface area contributed by atoms with Crippen LogP contribution in [0.2, 0.25) is 0 Å². The van der Waals surface area contributed by atoms with Crippen LogP contribution in [0.4, 0.5) is 5.69 Å². The van der Waals surface area contributed by atoms with Crippen molar-refractivity contribution in [3.05, 3.63) is 40.1 Å². The van der Waals surface area contributed by atoms with E-state index in [1.807, 2.05) is 19.2 Å². The fraction of sp³-hybridized carbons (Fsp3) is 0.273. The second-order valence-corrected chi connectivity index (χ2v) is 3.73. The van der Waals surface area contributed by atoms with E-state index >= 15 is 0 Å². The molecule has 0 unspecified atom stereocenters. The van der Waals surface area contributed by atoms with Gasteiger partial charge in [-0.3, -0.25) is 10.1 Å². The van der Waals surface area contributed by atoms with Gasteiger partial charge in [0, 0.05) is 7.05 Å². The van der Waals surface area contributed by atoms with Gasteiger partial charge in [0.1, 0.15) is 0 Å². The molecule has 2 rings (SSSR count). The Kier molecular flexibility index (Phi) is 2.62. The van der Waals surface area contributed by atoms with Crippen molar-refractivity contribution in [3.8, 4) is 0 Å². The third-order valence-corrected chi connectivity index (χ3v) is 2.67. The third-order valence-electron chi connectivity index (χ3n) is 2.67. The molecular weight excluding hydrogens is 206 g/mol. The first kappa shape index (κ1) is 10.6. The van der Waals surface area contributed by atoms with Crippen LogP contribution in [-0.2, 0) is 13.5 Å². The quantitative estimate of drug-likeness (QED) is 0.629. The number of aromatic nitrogens is 1. The summed E-state index contributed by atoms with van der Waals surface area (Å²) in [6.45, 7) is 0.540. The molecule has 16 heavy (non-hydrogen) atoms. The van der Waals surface area contributed by atoms with E-state index < -0.39 is 0 Å². The molecule has 0 aliphatic carbocycles. The first-order chi connectivity index (χ1) is 7.65. The van der Waals surface area contributed by atoms with Crippen molar-refractivity contribution >= 4 is 16.6 Å². The van der Waals surface area contributed by atoms with E-state index in [1.165, 1.54) is 0 Å². The molecule has 0 amide bonds. The maximum atomic E-state index is 10.9. The first-order valence-corrected chi connectivity index (χ1v) is 5.06. The lowest BCUT2D eigenvalue weighted by Crippen LogP contribution is -2.04. The molecule has 1 heterocycles. The van der Waals surface area contributed by atoms with Crippen LogP contribution in [0.25, 0.3) is 10.9 Å². The van der Waals surface area contributed by atoms with Crippen LogP contribution < -0.4 is 5.73 Å². The molecule has 0 radical (unpaired) electrons. The lowest BCUT2D eigenvalue weighted by molar-refractivity contribution is -0.383. The zero-order valence-corrected chi connectivity index (χ0v) is 9.01. The number of nitrogens with zero attached hydrogens (tertiary/aromatic N) is 2. The van der Waals surface area contributed by atoms with Gasteiger partial charge in [0.25, 0.3) is 5.69 Å². The molecule has 0 bridgehead atoms. The average Bonchev–Trinajstić information content (AvgIpc) is 2.58. The van der Waals surface area contributed by atoms with E-state index in [-0.39, 0.29) is 10.6 Å². The molecule has 5 heteroatoms. The van der Waals surface area contributed by atoms with E-state index in [0.29, 0.717) is 11.9 Å². The molecule has 2 aromatic rings. The molecule has 84 valence electrons. The lowest BCUT2D eigenvalue weighted by atomic mass is 10.1. The Morgan fingerprint density at radius 1 is 1.50 bits per heavy atom. The number of para-hydroxylation sites is 1. The summed E-state index contributed by atoms with van der Waals surface area (Å²) in [5, 5.41) is 11.5. The van der Waals surface area contributed by atoms with Crippen LogP contribution in [0.3, 0.4) is 0 Å². The molecule has 2 N–H and O–H groups in total. The van der Waals surface area contributed by atoms with Crippen molar-refractivity contribution < 1.29 is 4.92 Å². The monoisotopic (exact) mass is 219 g/mol. The number of fused-ring (bicyclic) bond motifs is 1. The second kappa shape index (κ2) is 3.94. The average molecular weight is 219 g/mol. The van der Waals surface area contributed by atoms with Gasteiger partial charge in [0.15, 0.2) is 0 Å². The molecule has 5 nitrogen and oxygen atoms in total. The van der Waals surface area contributed by atoms with Gasteiger partial charge in [-0.15, -0.1) is 0 Å². The van der Waals surface area contributed by atoms with Crippen LogP contribution in [0, 0.1) is 10.1 Å². The Morgan fingerprint density at radius 2 is 2.25 bits per heavy atom. The lowest BCUT2D eigenvalue weighted by Gasteiger charge is -2.03. The highest BCUT2D eigenvalue weighted by atomic mass is 16.6. The van der Waals surface area contributed by atoms with E-state index in [0.717, 1.165) is 17.5 Å². The van der Waals surface area contributed by atoms with Gasteiger partial charge < -0.3 is 10.3 Å². The Hall–Kier alpha value is -1.88. The Balaban J connectivity index is 2.74. The zero-order chi connectivity index (χ0) is 11.7. The Morgan fingerprint density at radius 3 is 2.88 bits per heavy atom. The normalized spacial score (nSPS) is 10.9. The number of rotatable bonds is 3.